The minimum absolute atomic E-state index is 1.03. The van der Waals surface area contributed by atoms with Crippen molar-refractivity contribution >= 4 is 29.0 Å². The molecule has 1 aromatic carbocycles. The van der Waals surface area contributed by atoms with Crippen LogP contribution in [0.15, 0.2) is 46.2 Å². The molecule has 2 aromatic rings. The van der Waals surface area contributed by atoms with E-state index in [1.165, 1.54) is 11.9 Å². The summed E-state index contributed by atoms with van der Waals surface area (Å²) >= 11 is 3.17. The Morgan fingerprint density at radius 3 is 2.77 bits per heavy atom. The van der Waals surface area contributed by atoms with Crippen molar-refractivity contribution in [2.45, 2.75) is 4.34 Å². The van der Waals surface area contributed by atoms with E-state index in [-0.39, 0.29) is 0 Å². The summed E-state index contributed by atoms with van der Waals surface area (Å²) in [6, 6.07) is 10.1. The number of rotatable bonds is 3. The van der Waals surface area contributed by atoms with Crippen LogP contribution in [0.5, 0.6) is 0 Å². The predicted molar refractivity (Wildman–Crippen MR) is 58.0 cm³/mol. The molecule has 1 N–H and O–H groups in total. The standard InChI is InChI=1S/C9H8N2S2/c1-2-4-8(5-3-1)11-13-9-10-6-7-12-9/h1-7,11H. The number of aromatic nitrogens is 1. The molecule has 1 heterocycles. The highest BCUT2D eigenvalue weighted by Crippen LogP contribution is 2.22. The molecule has 0 bridgehead atoms. The summed E-state index contributed by atoms with van der Waals surface area (Å²) in [6.07, 6.45) is 1.81. The van der Waals surface area contributed by atoms with E-state index in [4.69, 9.17) is 0 Å². The fourth-order valence-corrected chi connectivity index (χ4v) is 2.17. The molecule has 0 fully saturated rings. The van der Waals surface area contributed by atoms with Crippen LogP contribution in [0.25, 0.3) is 0 Å². The Morgan fingerprint density at radius 1 is 1.23 bits per heavy atom. The van der Waals surface area contributed by atoms with E-state index in [0.717, 1.165) is 10.0 Å². The molecule has 2 nitrogen and oxygen atoms in total. The van der Waals surface area contributed by atoms with Crippen LogP contribution in [0.3, 0.4) is 0 Å². The highest BCUT2D eigenvalue weighted by molar-refractivity contribution is 8.02. The zero-order chi connectivity index (χ0) is 8.93. The number of para-hydroxylation sites is 1. The van der Waals surface area contributed by atoms with Gasteiger partial charge in [0.05, 0.1) is 0 Å². The van der Waals surface area contributed by atoms with Gasteiger partial charge in [0.1, 0.15) is 0 Å². The van der Waals surface area contributed by atoms with E-state index in [0.29, 0.717) is 0 Å². The summed E-state index contributed by atoms with van der Waals surface area (Å²) in [7, 11) is 0. The molecule has 1 aromatic heterocycles. The van der Waals surface area contributed by atoms with Gasteiger partial charge in [-0.3, -0.25) is 0 Å². The third kappa shape index (κ3) is 2.47. The van der Waals surface area contributed by atoms with Gasteiger partial charge in [-0.1, -0.05) is 18.2 Å². The van der Waals surface area contributed by atoms with Crippen molar-refractivity contribution in [3.8, 4) is 0 Å². The molecule has 0 unspecified atom stereocenters. The Balaban J connectivity index is 1.94. The second-order valence-corrected chi connectivity index (χ2v) is 4.32. The maximum absolute atomic E-state index is 4.15. The Hall–Kier alpha value is -1.00. The van der Waals surface area contributed by atoms with Crippen molar-refractivity contribution in [2.24, 2.45) is 0 Å². The number of benzene rings is 1. The lowest BCUT2D eigenvalue weighted by molar-refractivity contribution is 1.25. The van der Waals surface area contributed by atoms with E-state index in [1.54, 1.807) is 17.5 Å². The molecule has 66 valence electrons. The van der Waals surface area contributed by atoms with Gasteiger partial charge in [-0.15, -0.1) is 11.3 Å². The van der Waals surface area contributed by atoms with Crippen molar-refractivity contribution in [3.63, 3.8) is 0 Å². The molecule has 0 saturated carbocycles. The van der Waals surface area contributed by atoms with Crippen molar-refractivity contribution in [1.29, 1.82) is 0 Å². The molecule has 0 radical (unpaired) electrons. The fraction of sp³-hybridized carbons (Fsp3) is 0. The van der Waals surface area contributed by atoms with Crippen LogP contribution in [0.2, 0.25) is 0 Å². The monoisotopic (exact) mass is 208 g/mol. The fourth-order valence-electron chi connectivity index (χ4n) is 0.870. The zero-order valence-corrected chi connectivity index (χ0v) is 8.44. The zero-order valence-electron chi connectivity index (χ0n) is 6.81. The third-order valence-corrected chi connectivity index (χ3v) is 3.16. The van der Waals surface area contributed by atoms with Crippen LogP contribution >= 0.6 is 23.3 Å². The number of nitrogens with zero attached hydrogens (tertiary/aromatic N) is 1. The Morgan fingerprint density at radius 2 is 2.08 bits per heavy atom. The van der Waals surface area contributed by atoms with Crippen LogP contribution in [-0.2, 0) is 0 Å². The summed E-state index contributed by atoms with van der Waals surface area (Å²) in [4.78, 5) is 4.15. The molecular weight excluding hydrogens is 200 g/mol. The molecule has 4 heteroatoms. The van der Waals surface area contributed by atoms with E-state index in [1.807, 2.05) is 35.7 Å². The number of hydrogen-bond donors (Lipinski definition) is 1. The largest absolute Gasteiger partial charge is 0.324 e. The molecule has 0 atom stereocenters. The summed E-state index contributed by atoms with van der Waals surface area (Å²) < 4.78 is 4.24. The highest BCUT2D eigenvalue weighted by atomic mass is 32.2. The van der Waals surface area contributed by atoms with E-state index in [2.05, 4.69) is 9.71 Å². The average Bonchev–Trinajstić information content (AvgIpc) is 2.69. The maximum Gasteiger partial charge on any atom is 0.170 e. The van der Waals surface area contributed by atoms with Crippen molar-refractivity contribution in [3.05, 3.63) is 41.9 Å². The first-order valence-corrected chi connectivity index (χ1v) is 5.52. The highest BCUT2D eigenvalue weighted by Gasteiger charge is 1.95. The normalized spacial score (nSPS) is 9.85. The van der Waals surface area contributed by atoms with Gasteiger partial charge in [-0.2, -0.15) is 0 Å². The molecule has 0 aliphatic rings. The molecular formula is C9H8N2S2. The molecule has 0 spiro atoms. The van der Waals surface area contributed by atoms with Gasteiger partial charge in [0.25, 0.3) is 0 Å². The lowest BCUT2D eigenvalue weighted by atomic mass is 10.3. The topological polar surface area (TPSA) is 24.9 Å². The summed E-state index contributed by atoms with van der Waals surface area (Å²) in [5.41, 5.74) is 1.10. The summed E-state index contributed by atoms with van der Waals surface area (Å²) in [6.45, 7) is 0. The smallest absolute Gasteiger partial charge is 0.170 e. The Labute approximate surface area is 85.2 Å². The van der Waals surface area contributed by atoms with Crippen molar-refractivity contribution in [1.82, 2.24) is 4.98 Å². The SMILES string of the molecule is c1ccc(NSc2nccs2)cc1. The molecule has 0 aliphatic heterocycles. The molecule has 13 heavy (non-hydrogen) atoms. The predicted octanol–water partition coefficient (Wildman–Crippen LogP) is 3.26. The van der Waals surface area contributed by atoms with Crippen LogP contribution in [0.1, 0.15) is 0 Å². The first-order chi connectivity index (χ1) is 6.45. The van der Waals surface area contributed by atoms with Crippen LogP contribution in [0, 0.1) is 0 Å². The van der Waals surface area contributed by atoms with Crippen molar-refractivity contribution < 1.29 is 0 Å². The molecule has 2 rings (SSSR count). The lowest BCUT2D eigenvalue weighted by Gasteiger charge is -2.00. The average molecular weight is 208 g/mol. The number of thiazole rings is 1. The van der Waals surface area contributed by atoms with Gasteiger partial charge in [-0.25, -0.2) is 4.98 Å². The lowest BCUT2D eigenvalue weighted by Crippen LogP contribution is -1.84. The van der Waals surface area contributed by atoms with Crippen LogP contribution in [0.4, 0.5) is 5.69 Å². The molecule has 0 aliphatic carbocycles. The molecule has 0 amide bonds. The number of nitrogens with one attached hydrogen (secondary N) is 1. The Bertz CT molecular complexity index is 345. The minimum atomic E-state index is 1.03. The first-order valence-electron chi connectivity index (χ1n) is 3.82. The Kier molecular flexibility index (Phi) is 2.84. The molecule has 0 saturated heterocycles. The minimum Gasteiger partial charge on any atom is -0.324 e. The maximum atomic E-state index is 4.15. The number of hydrogen-bond acceptors (Lipinski definition) is 4. The number of anilines is 1. The van der Waals surface area contributed by atoms with E-state index >= 15 is 0 Å². The van der Waals surface area contributed by atoms with Crippen LogP contribution in [-0.4, -0.2) is 4.98 Å². The van der Waals surface area contributed by atoms with Crippen molar-refractivity contribution in [2.75, 3.05) is 4.72 Å². The van der Waals surface area contributed by atoms with Crippen LogP contribution < -0.4 is 4.72 Å². The summed E-state index contributed by atoms with van der Waals surface area (Å²) in [5, 5.41) is 1.97. The van der Waals surface area contributed by atoms with Gasteiger partial charge in [0.15, 0.2) is 4.34 Å². The van der Waals surface area contributed by atoms with Gasteiger partial charge in [-0.05, 0) is 12.1 Å². The van der Waals surface area contributed by atoms with Gasteiger partial charge < -0.3 is 4.72 Å². The second-order valence-electron chi connectivity index (χ2n) is 2.37. The van der Waals surface area contributed by atoms with Gasteiger partial charge in [0.2, 0.25) is 0 Å². The second kappa shape index (κ2) is 4.30. The quantitative estimate of drug-likeness (QED) is 0.784. The van der Waals surface area contributed by atoms with Gasteiger partial charge >= 0.3 is 0 Å². The third-order valence-electron chi connectivity index (χ3n) is 1.44. The van der Waals surface area contributed by atoms with E-state index < -0.39 is 0 Å². The summed E-state index contributed by atoms with van der Waals surface area (Å²) in [5.74, 6) is 0. The first kappa shape index (κ1) is 8.59. The van der Waals surface area contributed by atoms with Gasteiger partial charge in [0, 0.05) is 29.2 Å². The van der Waals surface area contributed by atoms with E-state index in [9.17, 15) is 0 Å².